The standard InChI is InChI=1S/C24H36O4/c1-6-9-11-13-18(4)23(25)27-21-16-15-20(8-3)17-22(21)28-24(26)19(5)14-12-10-7-2/h8,15-19H,3,6-7,9-14H2,1-2,4-5H3. The number of carbonyl (C=O) groups is 2. The highest BCUT2D eigenvalue weighted by molar-refractivity contribution is 5.78. The van der Waals surface area contributed by atoms with Gasteiger partial charge in [-0.2, -0.15) is 0 Å². The maximum Gasteiger partial charge on any atom is 0.314 e. The molecule has 0 heterocycles. The molecule has 0 fully saturated rings. The van der Waals surface area contributed by atoms with Gasteiger partial charge in [-0.05, 0) is 30.5 Å². The molecule has 0 aliphatic carbocycles. The van der Waals surface area contributed by atoms with Crippen LogP contribution in [0.1, 0.15) is 84.6 Å². The lowest BCUT2D eigenvalue weighted by atomic mass is 10.0. The summed E-state index contributed by atoms with van der Waals surface area (Å²) < 4.78 is 11.2. The Morgan fingerprint density at radius 2 is 1.39 bits per heavy atom. The van der Waals surface area contributed by atoms with Gasteiger partial charge in [-0.1, -0.05) is 84.9 Å². The molecule has 2 unspecified atom stereocenters. The van der Waals surface area contributed by atoms with Crippen molar-refractivity contribution >= 4 is 18.0 Å². The maximum absolute atomic E-state index is 12.5. The van der Waals surface area contributed by atoms with E-state index in [1.807, 2.05) is 13.8 Å². The second kappa shape index (κ2) is 13.1. The van der Waals surface area contributed by atoms with Crippen LogP contribution in [0.2, 0.25) is 0 Å². The number of unbranched alkanes of at least 4 members (excludes halogenated alkanes) is 4. The maximum atomic E-state index is 12.5. The fraction of sp³-hybridized carbons (Fsp3) is 0.583. The molecule has 0 amide bonds. The molecule has 0 aliphatic heterocycles. The number of ether oxygens (including phenoxy) is 2. The lowest BCUT2D eigenvalue weighted by molar-refractivity contribution is -0.141. The second-order valence-corrected chi connectivity index (χ2v) is 7.55. The zero-order valence-corrected chi connectivity index (χ0v) is 18.0. The second-order valence-electron chi connectivity index (χ2n) is 7.55. The SMILES string of the molecule is C=Cc1ccc(OC(=O)C(C)CCCCC)c(OC(=O)C(C)CCCCC)c1. The molecule has 0 N–H and O–H groups in total. The molecule has 0 aromatic heterocycles. The first-order chi connectivity index (χ1) is 13.4. The zero-order valence-electron chi connectivity index (χ0n) is 18.0. The van der Waals surface area contributed by atoms with E-state index in [0.29, 0.717) is 0 Å². The van der Waals surface area contributed by atoms with Gasteiger partial charge in [-0.25, -0.2) is 0 Å². The number of esters is 2. The van der Waals surface area contributed by atoms with Gasteiger partial charge in [0.1, 0.15) is 0 Å². The monoisotopic (exact) mass is 388 g/mol. The summed E-state index contributed by atoms with van der Waals surface area (Å²) in [5.41, 5.74) is 0.803. The van der Waals surface area contributed by atoms with E-state index in [4.69, 9.17) is 9.47 Å². The topological polar surface area (TPSA) is 52.6 Å². The first-order valence-corrected chi connectivity index (χ1v) is 10.6. The Balaban J connectivity index is 2.82. The van der Waals surface area contributed by atoms with Crippen LogP contribution in [0.25, 0.3) is 6.08 Å². The van der Waals surface area contributed by atoms with Crippen LogP contribution in [0.4, 0.5) is 0 Å². The number of rotatable bonds is 13. The summed E-state index contributed by atoms with van der Waals surface area (Å²) in [5.74, 6) is -0.426. The lowest BCUT2D eigenvalue weighted by Crippen LogP contribution is -2.21. The molecule has 0 saturated heterocycles. The Bertz CT molecular complexity index is 635. The normalized spacial score (nSPS) is 12.9. The summed E-state index contributed by atoms with van der Waals surface area (Å²) in [6.07, 6.45) is 9.67. The third kappa shape index (κ3) is 8.28. The van der Waals surface area contributed by atoms with Gasteiger partial charge in [0.2, 0.25) is 0 Å². The van der Waals surface area contributed by atoms with Gasteiger partial charge in [0.25, 0.3) is 0 Å². The van der Waals surface area contributed by atoms with Crippen LogP contribution in [0.3, 0.4) is 0 Å². The molecule has 0 bridgehead atoms. The van der Waals surface area contributed by atoms with Gasteiger partial charge in [0.15, 0.2) is 11.5 Å². The van der Waals surface area contributed by atoms with E-state index in [-0.39, 0.29) is 35.3 Å². The van der Waals surface area contributed by atoms with Crippen molar-refractivity contribution in [1.29, 1.82) is 0 Å². The molecule has 4 heteroatoms. The summed E-state index contributed by atoms with van der Waals surface area (Å²) in [6, 6.07) is 5.14. The quantitative estimate of drug-likeness (QED) is 0.218. The Labute approximate surface area is 170 Å². The van der Waals surface area contributed by atoms with Gasteiger partial charge in [0.05, 0.1) is 11.8 Å². The summed E-state index contributed by atoms with van der Waals surface area (Å²) in [7, 11) is 0. The highest BCUT2D eigenvalue weighted by atomic mass is 16.6. The third-order valence-corrected chi connectivity index (χ3v) is 4.91. The van der Waals surface area contributed by atoms with Crippen molar-refractivity contribution in [2.75, 3.05) is 0 Å². The van der Waals surface area contributed by atoms with Crippen LogP contribution in [0.5, 0.6) is 11.5 Å². The van der Waals surface area contributed by atoms with E-state index in [2.05, 4.69) is 20.4 Å². The predicted octanol–water partition coefficient (Wildman–Crippen LogP) is 6.57. The Morgan fingerprint density at radius 1 is 0.893 bits per heavy atom. The summed E-state index contributed by atoms with van der Waals surface area (Å²) in [6.45, 7) is 11.8. The molecule has 4 nitrogen and oxygen atoms in total. The van der Waals surface area contributed by atoms with E-state index in [1.54, 1.807) is 24.3 Å². The lowest BCUT2D eigenvalue weighted by Gasteiger charge is -2.16. The van der Waals surface area contributed by atoms with Crippen molar-refractivity contribution in [2.45, 2.75) is 79.1 Å². The minimum Gasteiger partial charge on any atom is -0.422 e. The highest BCUT2D eigenvalue weighted by Gasteiger charge is 2.21. The molecule has 2 atom stereocenters. The molecule has 1 aromatic rings. The van der Waals surface area contributed by atoms with Crippen molar-refractivity contribution in [3.8, 4) is 11.5 Å². The molecular formula is C24H36O4. The Kier molecular flexibility index (Phi) is 11.2. The molecule has 1 rings (SSSR count). The molecule has 156 valence electrons. The zero-order chi connectivity index (χ0) is 20.9. The van der Waals surface area contributed by atoms with Crippen LogP contribution < -0.4 is 9.47 Å². The van der Waals surface area contributed by atoms with Crippen LogP contribution in [-0.4, -0.2) is 11.9 Å². The average Bonchev–Trinajstić information content (AvgIpc) is 2.69. The summed E-state index contributed by atoms with van der Waals surface area (Å²) in [5, 5.41) is 0. The van der Waals surface area contributed by atoms with E-state index in [0.717, 1.165) is 56.9 Å². The Morgan fingerprint density at radius 3 is 1.86 bits per heavy atom. The van der Waals surface area contributed by atoms with Crippen molar-refractivity contribution in [2.24, 2.45) is 11.8 Å². The van der Waals surface area contributed by atoms with Crippen LogP contribution >= 0.6 is 0 Å². The predicted molar refractivity (Wildman–Crippen MR) is 114 cm³/mol. The van der Waals surface area contributed by atoms with Gasteiger partial charge in [0, 0.05) is 0 Å². The highest BCUT2D eigenvalue weighted by Crippen LogP contribution is 2.31. The summed E-state index contributed by atoms with van der Waals surface area (Å²) in [4.78, 5) is 24.9. The Hall–Kier alpha value is -2.10. The smallest absolute Gasteiger partial charge is 0.314 e. The first kappa shape index (κ1) is 23.9. The average molecular weight is 389 g/mol. The number of carbonyl (C=O) groups excluding carboxylic acids is 2. The largest absolute Gasteiger partial charge is 0.422 e. The van der Waals surface area contributed by atoms with Crippen molar-refractivity contribution in [3.05, 3.63) is 30.3 Å². The molecule has 0 radical (unpaired) electrons. The van der Waals surface area contributed by atoms with E-state index in [9.17, 15) is 9.59 Å². The molecule has 28 heavy (non-hydrogen) atoms. The van der Waals surface area contributed by atoms with Crippen molar-refractivity contribution in [1.82, 2.24) is 0 Å². The van der Waals surface area contributed by atoms with Crippen molar-refractivity contribution in [3.63, 3.8) is 0 Å². The molecular weight excluding hydrogens is 352 g/mol. The van der Waals surface area contributed by atoms with E-state index >= 15 is 0 Å². The minimum atomic E-state index is -0.300. The van der Waals surface area contributed by atoms with Gasteiger partial charge in [-0.15, -0.1) is 0 Å². The van der Waals surface area contributed by atoms with Crippen LogP contribution in [0, 0.1) is 11.8 Å². The number of hydrogen-bond acceptors (Lipinski definition) is 4. The number of benzene rings is 1. The van der Waals surface area contributed by atoms with Crippen LogP contribution in [-0.2, 0) is 9.59 Å². The first-order valence-electron chi connectivity index (χ1n) is 10.6. The minimum absolute atomic E-state index is 0.192. The summed E-state index contributed by atoms with van der Waals surface area (Å²) >= 11 is 0. The van der Waals surface area contributed by atoms with E-state index in [1.165, 1.54) is 0 Å². The van der Waals surface area contributed by atoms with Gasteiger partial charge < -0.3 is 9.47 Å². The van der Waals surface area contributed by atoms with Crippen molar-refractivity contribution < 1.29 is 19.1 Å². The van der Waals surface area contributed by atoms with E-state index < -0.39 is 0 Å². The molecule has 0 aliphatic rings. The van der Waals surface area contributed by atoms with Crippen LogP contribution in [0.15, 0.2) is 24.8 Å². The third-order valence-electron chi connectivity index (χ3n) is 4.91. The van der Waals surface area contributed by atoms with Gasteiger partial charge >= 0.3 is 11.9 Å². The fourth-order valence-corrected chi connectivity index (χ4v) is 2.87. The molecule has 0 saturated carbocycles. The number of hydrogen-bond donors (Lipinski definition) is 0. The fourth-order valence-electron chi connectivity index (χ4n) is 2.87. The van der Waals surface area contributed by atoms with Gasteiger partial charge in [-0.3, -0.25) is 9.59 Å². The molecule has 1 aromatic carbocycles. The molecule has 0 spiro atoms.